The standard InChI is InChI=1S/C11H22N2O/c1-2-13-8-5-11(9-13)14-10-3-6-12-7-4-10/h10-12H,2-9H2,1H3. The van der Waals surface area contributed by atoms with Crippen LogP contribution in [0, 0.1) is 0 Å². The molecule has 0 spiro atoms. The number of nitrogens with one attached hydrogen (secondary N) is 1. The number of hydrogen-bond donors (Lipinski definition) is 1. The van der Waals surface area contributed by atoms with Crippen molar-refractivity contribution in [1.29, 1.82) is 0 Å². The van der Waals surface area contributed by atoms with Crippen LogP contribution in [0.1, 0.15) is 26.2 Å². The van der Waals surface area contributed by atoms with Gasteiger partial charge in [0.1, 0.15) is 0 Å². The first-order valence-corrected chi connectivity index (χ1v) is 5.97. The van der Waals surface area contributed by atoms with Crippen molar-refractivity contribution in [3.05, 3.63) is 0 Å². The first kappa shape index (κ1) is 10.4. The average Bonchev–Trinajstić information content (AvgIpc) is 2.67. The maximum atomic E-state index is 6.10. The lowest BCUT2D eigenvalue weighted by Gasteiger charge is -2.26. The Morgan fingerprint density at radius 2 is 2.00 bits per heavy atom. The highest BCUT2D eigenvalue weighted by Crippen LogP contribution is 2.17. The highest BCUT2D eigenvalue weighted by atomic mass is 16.5. The molecule has 0 bridgehead atoms. The fraction of sp³-hybridized carbons (Fsp3) is 1.00. The highest BCUT2D eigenvalue weighted by molar-refractivity contribution is 4.78. The van der Waals surface area contributed by atoms with Crippen LogP contribution in [0.3, 0.4) is 0 Å². The number of rotatable bonds is 3. The Bertz CT molecular complexity index is 169. The molecule has 2 aliphatic heterocycles. The molecular weight excluding hydrogens is 176 g/mol. The average molecular weight is 198 g/mol. The van der Waals surface area contributed by atoms with Gasteiger partial charge in [0.25, 0.3) is 0 Å². The summed E-state index contributed by atoms with van der Waals surface area (Å²) in [7, 11) is 0. The molecule has 2 aliphatic rings. The zero-order chi connectivity index (χ0) is 9.80. The van der Waals surface area contributed by atoms with Crippen LogP contribution >= 0.6 is 0 Å². The predicted octanol–water partition coefficient (Wildman–Crippen LogP) is 0.849. The molecule has 2 heterocycles. The minimum Gasteiger partial charge on any atom is -0.374 e. The first-order valence-electron chi connectivity index (χ1n) is 5.97. The van der Waals surface area contributed by atoms with Gasteiger partial charge in [0.2, 0.25) is 0 Å². The molecule has 0 aromatic carbocycles. The highest BCUT2D eigenvalue weighted by Gasteiger charge is 2.25. The Hall–Kier alpha value is -0.120. The molecule has 0 radical (unpaired) electrons. The van der Waals surface area contributed by atoms with Gasteiger partial charge in [-0.2, -0.15) is 0 Å². The summed E-state index contributed by atoms with van der Waals surface area (Å²) in [4.78, 5) is 2.48. The summed E-state index contributed by atoms with van der Waals surface area (Å²) in [6.45, 7) is 8.05. The fourth-order valence-electron chi connectivity index (χ4n) is 2.40. The second kappa shape index (κ2) is 5.10. The number of likely N-dealkylation sites (tertiary alicyclic amines) is 1. The third-order valence-corrected chi connectivity index (χ3v) is 3.35. The van der Waals surface area contributed by atoms with Crippen molar-refractivity contribution in [2.45, 2.75) is 38.4 Å². The molecule has 2 rings (SSSR count). The summed E-state index contributed by atoms with van der Waals surface area (Å²) in [5, 5.41) is 3.37. The van der Waals surface area contributed by atoms with Gasteiger partial charge >= 0.3 is 0 Å². The van der Waals surface area contributed by atoms with Crippen LogP contribution in [0.15, 0.2) is 0 Å². The molecule has 2 saturated heterocycles. The molecule has 2 fully saturated rings. The van der Waals surface area contributed by atoms with Crippen molar-refractivity contribution >= 4 is 0 Å². The molecule has 0 aromatic rings. The molecular formula is C11H22N2O. The van der Waals surface area contributed by atoms with E-state index in [-0.39, 0.29) is 0 Å². The van der Waals surface area contributed by atoms with Crippen molar-refractivity contribution in [2.24, 2.45) is 0 Å². The molecule has 0 aromatic heterocycles. The topological polar surface area (TPSA) is 24.5 Å². The molecule has 0 aliphatic carbocycles. The van der Waals surface area contributed by atoms with Crippen molar-refractivity contribution in [1.82, 2.24) is 10.2 Å². The monoisotopic (exact) mass is 198 g/mol. The summed E-state index contributed by atoms with van der Waals surface area (Å²) < 4.78 is 6.10. The normalized spacial score (nSPS) is 31.1. The Morgan fingerprint density at radius 1 is 1.21 bits per heavy atom. The number of ether oxygens (including phenoxy) is 1. The Labute approximate surface area is 86.8 Å². The summed E-state index contributed by atoms with van der Waals surface area (Å²) in [6.07, 6.45) is 4.67. The summed E-state index contributed by atoms with van der Waals surface area (Å²) in [5.41, 5.74) is 0. The maximum absolute atomic E-state index is 6.10. The van der Waals surface area contributed by atoms with E-state index in [4.69, 9.17) is 4.74 Å². The van der Waals surface area contributed by atoms with E-state index in [1.165, 1.54) is 32.4 Å². The van der Waals surface area contributed by atoms with Crippen LogP contribution in [-0.2, 0) is 4.74 Å². The predicted molar refractivity (Wildman–Crippen MR) is 57.5 cm³/mol. The van der Waals surface area contributed by atoms with E-state index >= 15 is 0 Å². The number of hydrogen-bond acceptors (Lipinski definition) is 3. The van der Waals surface area contributed by atoms with E-state index in [1.807, 2.05) is 0 Å². The summed E-state index contributed by atoms with van der Waals surface area (Å²) in [6, 6.07) is 0. The molecule has 1 N–H and O–H groups in total. The SMILES string of the molecule is CCN1CCC(OC2CCNCC2)C1. The molecule has 0 saturated carbocycles. The van der Waals surface area contributed by atoms with Crippen molar-refractivity contribution in [3.8, 4) is 0 Å². The van der Waals surface area contributed by atoms with Crippen molar-refractivity contribution in [2.75, 3.05) is 32.7 Å². The van der Waals surface area contributed by atoms with Gasteiger partial charge in [-0.25, -0.2) is 0 Å². The maximum Gasteiger partial charge on any atom is 0.0717 e. The molecule has 0 amide bonds. The smallest absolute Gasteiger partial charge is 0.0717 e. The van der Waals surface area contributed by atoms with Crippen LogP contribution in [-0.4, -0.2) is 49.8 Å². The quantitative estimate of drug-likeness (QED) is 0.727. The second-order valence-electron chi connectivity index (χ2n) is 4.39. The lowest BCUT2D eigenvalue weighted by Crippen LogP contribution is -2.35. The molecule has 1 atom stereocenters. The largest absolute Gasteiger partial charge is 0.374 e. The number of nitrogens with zero attached hydrogens (tertiary/aromatic N) is 1. The first-order chi connectivity index (χ1) is 6.88. The minimum absolute atomic E-state index is 0.512. The van der Waals surface area contributed by atoms with E-state index in [0.29, 0.717) is 12.2 Å². The number of likely N-dealkylation sites (N-methyl/N-ethyl adjacent to an activating group) is 1. The minimum atomic E-state index is 0.512. The van der Waals surface area contributed by atoms with Crippen LogP contribution < -0.4 is 5.32 Å². The van der Waals surface area contributed by atoms with Gasteiger partial charge in [0.05, 0.1) is 12.2 Å². The second-order valence-corrected chi connectivity index (χ2v) is 4.39. The van der Waals surface area contributed by atoms with Crippen LogP contribution in [0.5, 0.6) is 0 Å². The molecule has 14 heavy (non-hydrogen) atoms. The van der Waals surface area contributed by atoms with Crippen LogP contribution in [0.4, 0.5) is 0 Å². The van der Waals surface area contributed by atoms with E-state index < -0.39 is 0 Å². The Morgan fingerprint density at radius 3 is 2.64 bits per heavy atom. The van der Waals surface area contributed by atoms with Gasteiger partial charge in [0.15, 0.2) is 0 Å². The molecule has 1 unspecified atom stereocenters. The fourth-order valence-corrected chi connectivity index (χ4v) is 2.40. The van der Waals surface area contributed by atoms with Gasteiger partial charge in [0, 0.05) is 13.1 Å². The van der Waals surface area contributed by atoms with E-state index in [2.05, 4.69) is 17.1 Å². The molecule has 3 nitrogen and oxygen atoms in total. The van der Waals surface area contributed by atoms with Crippen LogP contribution in [0.2, 0.25) is 0 Å². The van der Waals surface area contributed by atoms with Crippen LogP contribution in [0.25, 0.3) is 0 Å². The van der Waals surface area contributed by atoms with E-state index in [9.17, 15) is 0 Å². The zero-order valence-corrected chi connectivity index (χ0v) is 9.17. The molecule has 82 valence electrons. The van der Waals surface area contributed by atoms with Gasteiger partial charge < -0.3 is 15.0 Å². The zero-order valence-electron chi connectivity index (χ0n) is 9.17. The van der Waals surface area contributed by atoms with E-state index in [0.717, 1.165) is 19.6 Å². The Kier molecular flexibility index (Phi) is 3.79. The number of piperidine rings is 1. The summed E-state index contributed by atoms with van der Waals surface area (Å²) >= 11 is 0. The van der Waals surface area contributed by atoms with E-state index in [1.54, 1.807) is 0 Å². The summed E-state index contributed by atoms with van der Waals surface area (Å²) in [5.74, 6) is 0. The van der Waals surface area contributed by atoms with Crippen molar-refractivity contribution in [3.63, 3.8) is 0 Å². The third kappa shape index (κ3) is 2.69. The lowest BCUT2D eigenvalue weighted by molar-refractivity contribution is -0.0204. The Balaban J connectivity index is 1.69. The van der Waals surface area contributed by atoms with Gasteiger partial charge in [-0.15, -0.1) is 0 Å². The molecule has 3 heteroatoms. The third-order valence-electron chi connectivity index (χ3n) is 3.35. The lowest BCUT2D eigenvalue weighted by atomic mass is 10.1. The van der Waals surface area contributed by atoms with Crippen molar-refractivity contribution < 1.29 is 4.74 Å². The van der Waals surface area contributed by atoms with Gasteiger partial charge in [-0.3, -0.25) is 0 Å². The van der Waals surface area contributed by atoms with Gasteiger partial charge in [-0.1, -0.05) is 6.92 Å². The van der Waals surface area contributed by atoms with Gasteiger partial charge in [-0.05, 0) is 38.9 Å².